The maximum atomic E-state index is 14.8. The van der Waals surface area contributed by atoms with Crippen LogP contribution in [0, 0.1) is 17.6 Å². The molecule has 0 spiro atoms. The Kier molecular flexibility index (Phi) is 4.58. The van der Waals surface area contributed by atoms with Crippen molar-refractivity contribution in [1.82, 2.24) is 19.9 Å². The zero-order valence-corrected chi connectivity index (χ0v) is 16.0. The molecule has 0 aliphatic heterocycles. The second-order valence-corrected chi connectivity index (χ2v) is 7.43. The Hall–Kier alpha value is -3.88. The number of aromatic nitrogens is 4. The zero-order chi connectivity index (χ0) is 21.5. The van der Waals surface area contributed by atoms with E-state index in [1.807, 2.05) is 0 Å². The maximum absolute atomic E-state index is 14.8. The fourth-order valence-corrected chi connectivity index (χ4v) is 3.53. The van der Waals surface area contributed by atoms with Crippen molar-refractivity contribution in [3.05, 3.63) is 60.4 Å². The molecular weight excluding hydrogens is 406 g/mol. The molecule has 1 fully saturated rings. The number of rotatable bonds is 5. The van der Waals surface area contributed by atoms with E-state index in [-0.39, 0.29) is 17.6 Å². The number of benzene rings is 2. The maximum Gasteiger partial charge on any atom is 0.306 e. The van der Waals surface area contributed by atoms with Crippen molar-refractivity contribution in [3.8, 4) is 28.5 Å². The summed E-state index contributed by atoms with van der Waals surface area (Å²) in [7, 11) is 0. The van der Waals surface area contributed by atoms with Gasteiger partial charge in [0, 0.05) is 11.6 Å². The topological polar surface area (TPSA) is 101 Å². The van der Waals surface area contributed by atoms with Gasteiger partial charge in [0.05, 0.1) is 40.6 Å². The van der Waals surface area contributed by atoms with E-state index in [0.29, 0.717) is 46.8 Å². The Morgan fingerprint density at radius 2 is 1.94 bits per heavy atom. The number of nitrogens with one attached hydrogen (secondary N) is 1. The number of halogens is 2. The van der Waals surface area contributed by atoms with Gasteiger partial charge in [0.1, 0.15) is 23.6 Å². The molecule has 4 aromatic rings. The average molecular weight is 422 g/mol. The van der Waals surface area contributed by atoms with Crippen molar-refractivity contribution in [2.45, 2.75) is 18.9 Å². The number of fused-ring (bicyclic) bond motifs is 1. The highest BCUT2D eigenvalue weighted by atomic mass is 19.1. The van der Waals surface area contributed by atoms with Crippen molar-refractivity contribution in [3.63, 3.8) is 0 Å². The molecule has 1 saturated carbocycles. The highest BCUT2D eigenvalue weighted by Crippen LogP contribution is 2.31. The van der Waals surface area contributed by atoms with Gasteiger partial charge in [-0.25, -0.2) is 23.7 Å². The van der Waals surface area contributed by atoms with Crippen LogP contribution >= 0.6 is 0 Å². The van der Waals surface area contributed by atoms with E-state index in [9.17, 15) is 13.6 Å². The van der Waals surface area contributed by atoms with Gasteiger partial charge in [0.25, 0.3) is 0 Å². The molecule has 0 unspecified atom stereocenters. The fraction of sp³-hybridized carbons (Fsp3) is 0.182. The molecule has 1 aliphatic rings. The number of hydrogen-bond donors (Lipinski definition) is 2. The Balaban J connectivity index is 1.33. The second kappa shape index (κ2) is 7.42. The first kappa shape index (κ1) is 19.1. The number of carboxylic acid groups (broad SMARTS) is 1. The van der Waals surface area contributed by atoms with Gasteiger partial charge < -0.3 is 14.8 Å². The van der Waals surface area contributed by atoms with Gasteiger partial charge in [-0.3, -0.25) is 4.79 Å². The summed E-state index contributed by atoms with van der Waals surface area (Å²) in [5.41, 5.74) is 2.27. The molecule has 2 heterocycles. The molecule has 2 aromatic heterocycles. The predicted molar refractivity (Wildman–Crippen MR) is 107 cm³/mol. The summed E-state index contributed by atoms with van der Waals surface area (Å²) in [6, 6.07) is 8.75. The number of aromatic amines is 1. The van der Waals surface area contributed by atoms with Crippen LogP contribution in [0.5, 0.6) is 5.88 Å². The van der Waals surface area contributed by atoms with Gasteiger partial charge in [-0.2, -0.15) is 0 Å². The van der Waals surface area contributed by atoms with Crippen LogP contribution in [0.1, 0.15) is 12.8 Å². The summed E-state index contributed by atoms with van der Waals surface area (Å²) < 4.78 is 33.8. The summed E-state index contributed by atoms with van der Waals surface area (Å²) in [6.07, 6.45) is 3.61. The molecule has 2 N–H and O–H groups in total. The molecule has 0 atom stereocenters. The molecular formula is C22H16F2N4O3. The summed E-state index contributed by atoms with van der Waals surface area (Å²) in [5.74, 6) is -1.50. The van der Waals surface area contributed by atoms with E-state index < -0.39 is 17.6 Å². The smallest absolute Gasteiger partial charge is 0.306 e. The third kappa shape index (κ3) is 3.70. The number of nitrogens with zero attached hydrogens (tertiary/aromatic N) is 3. The van der Waals surface area contributed by atoms with Crippen LogP contribution in [0.25, 0.3) is 33.7 Å². The van der Waals surface area contributed by atoms with Crippen LogP contribution in [-0.4, -0.2) is 37.1 Å². The van der Waals surface area contributed by atoms with Crippen molar-refractivity contribution < 1.29 is 23.4 Å². The van der Waals surface area contributed by atoms with E-state index in [4.69, 9.17) is 9.84 Å². The van der Waals surface area contributed by atoms with Crippen LogP contribution in [0.4, 0.5) is 8.78 Å². The minimum atomic E-state index is -0.818. The highest BCUT2D eigenvalue weighted by Gasteiger charge is 2.36. The zero-order valence-electron chi connectivity index (χ0n) is 16.0. The molecule has 2 aromatic carbocycles. The number of aliphatic carboxylic acids is 1. The Bertz CT molecular complexity index is 1280. The number of ether oxygens (including phenoxy) is 1. The molecule has 0 saturated heterocycles. The third-order valence-corrected chi connectivity index (χ3v) is 5.32. The van der Waals surface area contributed by atoms with E-state index >= 15 is 0 Å². The summed E-state index contributed by atoms with van der Waals surface area (Å²) >= 11 is 0. The molecule has 0 amide bonds. The van der Waals surface area contributed by atoms with E-state index in [2.05, 4.69) is 19.9 Å². The molecule has 1 aliphatic carbocycles. The van der Waals surface area contributed by atoms with Crippen molar-refractivity contribution >= 4 is 17.0 Å². The first-order valence-electron chi connectivity index (χ1n) is 9.63. The average Bonchev–Trinajstić information content (AvgIpc) is 3.13. The number of carbonyl (C=O) groups is 1. The quantitative estimate of drug-likeness (QED) is 0.500. The lowest BCUT2D eigenvalue weighted by Gasteiger charge is -2.31. The van der Waals surface area contributed by atoms with Crippen LogP contribution in [0.2, 0.25) is 0 Å². The lowest BCUT2D eigenvalue weighted by molar-refractivity contribution is -0.148. The Morgan fingerprint density at radius 3 is 2.65 bits per heavy atom. The van der Waals surface area contributed by atoms with Gasteiger partial charge in [-0.15, -0.1) is 0 Å². The molecule has 0 bridgehead atoms. The molecule has 5 rings (SSSR count). The minimum Gasteiger partial charge on any atom is -0.481 e. The van der Waals surface area contributed by atoms with Crippen molar-refractivity contribution in [2.75, 3.05) is 0 Å². The lowest BCUT2D eigenvalue weighted by Crippen LogP contribution is -2.38. The summed E-state index contributed by atoms with van der Waals surface area (Å²) in [6.45, 7) is 0. The van der Waals surface area contributed by atoms with Gasteiger partial charge in [0.2, 0.25) is 5.88 Å². The Morgan fingerprint density at radius 1 is 1.10 bits per heavy atom. The van der Waals surface area contributed by atoms with E-state index in [0.717, 1.165) is 0 Å². The standard InChI is InChI=1S/C22H16F2N4O3/c23-13-2-4-17-18(8-13)28-21(27-17)15-3-1-11(7-16(15)24)19-9-26-20(10-25-19)31-14-5-12(6-14)22(29)30/h1-4,7-10,12,14H,5-6H2,(H,27,28)(H,29,30)/t12-,14-. The second-order valence-electron chi connectivity index (χ2n) is 7.43. The fourth-order valence-electron chi connectivity index (χ4n) is 3.53. The van der Waals surface area contributed by atoms with Crippen LogP contribution < -0.4 is 4.74 Å². The third-order valence-electron chi connectivity index (χ3n) is 5.32. The van der Waals surface area contributed by atoms with E-state index in [1.165, 1.54) is 30.6 Å². The number of H-pyrrole nitrogens is 1. The van der Waals surface area contributed by atoms with Crippen molar-refractivity contribution in [1.29, 1.82) is 0 Å². The minimum absolute atomic E-state index is 0.185. The van der Waals surface area contributed by atoms with Crippen LogP contribution in [0.3, 0.4) is 0 Å². The van der Waals surface area contributed by atoms with E-state index in [1.54, 1.807) is 18.2 Å². The van der Waals surface area contributed by atoms with Gasteiger partial charge in [0.15, 0.2) is 0 Å². The van der Waals surface area contributed by atoms with Crippen molar-refractivity contribution in [2.24, 2.45) is 5.92 Å². The number of carboxylic acids is 1. The van der Waals surface area contributed by atoms with Gasteiger partial charge >= 0.3 is 5.97 Å². The summed E-state index contributed by atoms with van der Waals surface area (Å²) in [5, 5.41) is 8.91. The predicted octanol–water partition coefficient (Wildman–Crippen LogP) is 4.21. The monoisotopic (exact) mass is 422 g/mol. The van der Waals surface area contributed by atoms with Gasteiger partial charge in [-0.1, -0.05) is 6.07 Å². The SMILES string of the molecule is O=C(O)[C@H]1C[C@H](Oc2cnc(-c3ccc(-c4nc5cc(F)ccc5[nH]4)c(F)c3)cn2)C1. The molecule has 7 nitrogen and oxygen atoms in total. The Labute approximate surface area is 174 Å². The van der Waals surface area contributed by atoms with Crippen LogP contribution in [-0.2, 0) is 4.79 Å². The number of hydrogen-bond acceptors (Lipinski definition) is 5. The molecule has 31 heavy (non-hydrogen) atoms. The first-order valence-corrected chi connectivity index (χ1v) is 9.63. The van der Waals surface area contributed by atoms with Gasteiger partial charge in [-0.05, 0) is 37.1 Å². The number of imidazole rings is 1. The highest BCUT2D eigenvalue weighted by molar-refractivity contribution is 5.80. The largest absolute Gasteiger partial charge is 0.481 e. The summed E-state index contributed by atoms with van der Waals surface area (Å²) in [4.78, 5) is 26.5. The van der Waals surface area contributed by atoms with Crippen LogP contribution in [0.15, 0.2) is 48.8 Å². The first-order chi connectivity index (χ1) is 15.0. The molecule has 0 radical (unpaired) electrons. The molecule has 156 valence electrons. The lowest BCUT2D eigenvalue weighted by atomic mass is 9.82. The molecule has 9 heteroatoms. The normalized spacial score (nSPS) is 18.0.